The van der Waals surface area contributed by atoms with Gasteiger partial charge in [0.25, 0.3) is 0 Å². The van der Waals surface area contributed by atoms with Crippen LogP contribution in [0.1, 0.15) is 37.8 Å². The molecule has 0 atom stereocenters. The third-order valence-corrected chi connectivity index (χ3v) is 5.03. The summed E-state index contributed by atoms with van der Waals surface area (Å²) in [4.78, 5) is 0. The van der Waals surface area contributed by atoms with Crippen molar-refractivity contribution in [3.63, 3.8) is 0 Å². The molecule has 0 aliphatic heterocycles. The maximum atomic E-state index is 12.3. The number of benzene rings is 1. The van der Waals surface area contributed by atoms with E-state index in [1.54, 1.807) is 24.3 Å². The van der Waals surface area contributed by atoms with Crippen molar-refractivity contribution in [2.75, 3.05) is 6.54 Å². The van der Waals surface area contributed by atoms with Gasteiger partial charge in [0.15, 0.2) is 0 Å². The van der Waals surface area contributed by atoms with Crippen LogP contribution in [0.3, 0.4) is 0 Å². The molecule has 0 unspecified atom stereocenters. The summed E-state index contributed by atoms with van der Waals surface area (Å²) < 4.78 is 27.3. The molecule has 1 aromatic rings. The molecule has 0 bridgehead atoms. The van der Waals surface area contributed by atoms with E-state index < -0.39 is 15.6 Å². The lowest BCUT2D eigenvalue weighted by molar-refractivity contribution is 0.363. The zero-order chi connectivity index (χ0) is 15.2. The van der Waals surface area contributed by atoms with Crippen LogP contribution in [0.2, 0.25) is 0 Å². The van der Waals surface area contributed by atoms with Crippen LogP contribution in [0.4, 0.5) is 0 Å². The third kappa shape index (κ3) is 4.04. The van der Waals surface area contributed by atoms with E-state index in [4.69, 9.17) is 11.0 Å². The molecule has 0 saturated carbocycles. The lowest BCUT2D eigenvalue weighted by Gasteiger charge is -2.31. The highest BCUT2D eigenvalue weighted by Crippen LogP contribution is 2.17. The smallest absolute Gasteiger partial charge is 0.216 e. The van der Waals surface area contributed by atoms with E-state index in [-0.39, 0.29) is 12.3 Å². The highest BCUT2D eigenvalue weighted by Gasteiger charge is 2.30. The molecule has 3 N–H and O–H groups in total. The Morgan fingerprint density at radius 2 is 1.90 bits per heavy atom. The van der Waals surface area contributed by atoms with Crippen molar-refractivity contribution in [2.45, 2.75) is 38.0 Å². The molecule has 110 valence electrons. The molecular weight excluding hydrogens is 274 g/mol. The van der Waals surface area contributed by atoms with Crippen molar-refractivity contribution in [3.8, 4) is 6.07 Å². The molecule has 0 amide bonds. The largest absolute Gasteiger partial charge is 0.329 e. The van der Waals surface area contributed by atoms with Crippen molar-refractivity contribution in [1.29, 1.82) is 5.26 Å². The fourth-order valence-electron chi connectivity index (χ4n) is 2.05. The molecule has 1 rings (SSSR count). The summed E-state index contributed by atoms with van der Waals surface area (Å²) in [6.07, 6.45) is 1.25. The molecule has 0 saturated heterocycles. The van der Waals surface area contributed by atoms with Gasteiger partial charge < -0.3 is 5.73 Å². The molecule has 0 radical (unpaired) electrons. The zero-order valence-corrected chi connectivity index (χ0v) is 12.7. The van der Waals surface area contributed by atoms with Gasteiger partial charge in [0.1, 0.15) is 0 Å². The second-order valence-corrected chi connectivity index (χ2v) is 6.54. The molecule has 6 heteroatoms. The number of hydrogen-bond acceptors (Lipinski definition) is 4. The van der Waals surface area contributed by atoms with E-state index in [0.29, 0.717) is 24.0 Å². The van der Waals surface area contributed by atoms with Gasteiger partial charge in [-0.1, -0.05) is 32.0 Å². The van der Waals surface area contributed by atoms with Gasteiger partial charge in [-0.15, -0.1) is 0 Å². The molecule has 0 aromatic heterocycles. The first-order valence-corrected chi connectivity index (χ1v) is 8.27. The van der Waals surface area contributed by atoms with E-state index >= 15 is 0 Å². The van der Waals surface area contributed by atoms with Crippen molar-refractivity contribution in [3.05, 3.63) is 35.4 Å². The number of sulfonamides is 1. The van der Waals surface area contributed by atoms with E-state index in [0.717, 1.165) is 0 Å². The summed E-state index contributed by atoms with van der Waals surface area (Å²) in [5, 5.41) is 9.00. The van der Waals surface area contributed by atoms with Gasteiger partial charge in [0.05, 0.1) is 17.4 Å². The van der Waals surface area contributed by atoms with Crippen LogP contribution in [0.15, 0.2) is 24.3 Å². The number of nitrogens with zero attached hydrogens (tertiary/aromatic N) is 1. The average molecular weight is 295 g/mol. The minimum atomic E-state index is -3.54. The maximum absolute atomic E-state index is 12.3. The van der Waals surface area contributed by atoms with Crippen LogP contribution in [0, 0.1) is 11.3 Å². The van der Waals surface area contributed by atoms with Crippen molar-refractivity contribution < 1.29 is 8.42 Å². The van der Waals surface area contributed by atoms with Crippen LogP contribution in [0.25, 0.3) is 0 Å². The summed E-state index contributed by atoms with van der Waals surface area (Å²) in [6, 6.07) is 8.71. The van der Waals surface area contributed by atoms with Gasteiger partial charge in [-0.05, 0) is 24.5 Å². The Labute approximate surface area is 120 Å². The normalized spacial score (nSPS) is 12.1. The Bertz CT molecular complexity index is 578. The van der Waals surface area contributed by atoms with Crippen LogP contribution >= 0.6 is 0 Å². The molecule has 1 aromatic carbocycles. The van der Waals surface area contributed by atoms with E-state index in [2.05, 4.69) is 4.72 Å². The zero-order valence-electron chi connectivity index (χ0n) is 11.9. The highest BCUT2D eigenvalue weighted by atomic mass is 32.2. The number of nitriles is 1. The Balaban J connectivity index is 2.99. The monoisotopic (exact) mass is 295 g/mol. The molecule has 0 heterocycles. The Kier molecular flexibility index (Phi) is 5.69. The predicted molar refractivity (Wildman–Crippen MR) is 79.3 cm³/mol. The van der Waals surface area contributed by atoms with Gasteiger partial charge in [-0.25, -0.2) is 13.1 Å². The quantitative estimate of drug-likeness (QED) is 0.796. The van der Waals surface area contributed by atoms with Gasteiger partial charge in [-0.2, -0.15) is 5.26 Å². The summed E-state index contributed by atoms with van der Waals surface area (Å²) in [5.41, 5.74) is 5.97. The first-order chi connectivity index (χ1) is 9.42. The van der Waals surface area contributed by atoms with Gasteiger partial charge in [0.2, 0.25) is 10.0 Å². The maximum Gasteiger partial charge on any atom is 0.216 e. The van der Waals surface area contributed by atoms with Crippen LogP contribution < -0.4 is 10.5 Å². The van der Waals surface area contributed by atoms with Gasteiger partial charge >= 0.3 is 0 Å². The summed E-state index contributed by atoms with van der Waals surface area (Å²) >= 11 is 0. The van der Waals surface area contributed by atoms with Crippen LogP contribution in [-0.2, 0) is 15.8 Å². The Hall–Kier alpha value is -1.42. The lowest BCUT2D eigenvalue weighted by Crippen LogP contribution is -2.53. The fraction of sp³-hybridized carbons (Fsp3) is 0.500. The SMILES string of the molecule is CCC(CC)(CN)NS(=O)(=O)Cc1ccccc1C#N. The first-order valence-electron chi connectivity index (χ1n) is 6.61. The van der Waals surface area contributed by atoms with Gasteiger partial charge in [0, 0.05) is 12.1 Å². The number of rotatable bonds is 7. The second-order valence-electron chi connectivity index (χ2n) is 4.82. The molecule has 0 aliphatic carbocycles. The lowest BCUT2D eigenvalue weighted by atomic mass is 9.95. The van der Waals surface area contributed by atoms with Crippen molar-refractivity contribution in [1.82, 2.24) is 4.72 Å². The number of nitrogens with one attached hydrogen (secondary N) is 1. The van der Waals surface area contributed by atoms with E-state index in [1.807, 2.05) is 19.9 Å². The van der Waals surface area contributed by atoms with Crippen LogP contribution in [-0.4, -0.2) is 20.5 Å². The molecule has 20 heavy (non-hydrogen) atoms. The summed E-state index contributed by atoms with van der Waals surface area (Å²) in [7, 11) is -3.54. The third-order valence-electron chi connectivity index (χ3n) is 3.60. The molecule has 0 fully saturated rings. The summed E-state index contributed by atoms with van der Waals surface area (Å²) in [5.74, 6) is -0.210. The molecule has 5 nitrogen and oxygen atoms in total. The number of hydrogen-bond donors (Lipinski definition) is 2. The first kappa shape index (κ1) is 16.6. The fourth-order valence-corrected chi connectivity index (χ4v) is 3.82. The van der Waals surface area contributed by atoms with Gasteiger partial charge in [-0.3, -0.25) is 0 Å². The topological polar surface area (TPSA) is 96.0 Å². The minimum absolute atomic E-state index is 0.210. The Morgan fingerprint density at radius 1 is 1.30 bits per heavy atom. The standard InChI is InChI=1S/C14H21N3O2S/c1-3-14(4-2,11-16)17-20(18,19)10-13-8-6-5-7-12(13)9-15/h5-8,17H,3-4,10-11,16H2,1-2H3. The molecular formula is C14H21N3O2S. The molecule has 0 aliphatic rings. The van der Waals surface area contributed by atoms with E-state index in [1.165, 1.54) is 0 Å². The Morgan fingerprint density at radius 3 is 2.40 bits per heavy atom. The highest BCUT2D eigenvalue weighted by molar-refractivity contribution is 7.88. The van der Waals surface area contributed by atoms with Crippen molar-refractivity contribution >= 4 is 10.0 Å². The summed E-state index contributed by atoms with van der Waals surface area (Å²) in [6.45, 7) is 4.06. The van der Waals surface area contributed by atoms with Crippen molar-refractivity contribution in [2.24, 2.45) is 5.73 Å². The predicted octanol–water partition coefficient (Wildman–Crippen LogP) is 1.50. The average Bonchev–Trinajstić information content (AvgIpc) is 2.45. The minimum Gasteiger partial charge on any atom is -0.329 e. The second kappa shape index (κ2) is 6.84. The number of nitrogens with two attached hydrogens (primary N) is 1. The van der Waals surface area contributed by atoms with E-state index in [9.17, 15) is 8.42 Å². The van der Waals surface area contributed by atoms with Crippen LogP contribution in [0.5, 0.6) is 0 Å². The molecule has 0 spiro atoms.